The molecule has 2 aliphatic rings. The Morgan fingerprint density at radius 2 is 2.00 bits per heavy atom. The molecule has 2 fully saturated rings. The van der Waals surface area contributed by atoms with E-state index in [4.69, 9.17) is 0 Å². The van der Waals surface area contributed by atoms with Crippen LogP contribution in [0.1, 0.15) is 37.4 Å². The van der Waals surface area contributed by atoms with Gasteiger partial charge in [0.25, 0.3) is 5.69 Å². The number of nitro benzene ring substituents is 1. The first-order chi connectivity index (χ1) is 11.6. The zero-order chi connectivity index (χ0) is 16.9. The summed E-state index contributed by atoms with van der Waals surface area (Å²) in [6.45, 7) is 6.20. The minimum atomic E-state index is -0.668. The molecule has 0 amide bonds. The van der Waals surface area contributed by atoms with Gasteiger partial charge in [0, 0.05) is 31.8 Å². The SMILES string of the molecule is O=[N+]([O-])c1cccc(C(O)CN2CCC(CN3CCCCC3)C2)c1. The predicted molar refractivity (Wildman–Crippen MR) is 92.9 cm³/mol. The molecule has 1 aromatic rings. The van der Waals surface area contributed by atoms with Gasteiger partial charge in [0.1, 0.15) is 0 Å². The number of nitrogens with zero attached hydrogens (tertiary/aromatic N) is 3. The zero-order valence-corrected chi connectivity index (χ0v) is 14.1. The molecule has 0 radical (unpaired) electrons. The van der Waals surface area contributed by atoms with Crippen molar-refractivity contribution in [3.63, 3.8) is 0 Å². The van der Waals surface area contributed by atoms with Crippen molar-refractivity contribution >= 4 is 5.69 Å². The fourth-order valence-corrected chi connectivity index (χ4v) is 3.93. The second kappa shape index (κ2) is 8.05. The summed E-state index contributed by atoms with van der Waals surface area (Å²) in [5.41, 5.74) is 0.666. The van der Waals surface area contributed by atoms with E-state index in [9.17, 15) is 15.2 Å². The van der Waals surface area contributed by atoms with Crippen molar-refractivity contribution in [1.29, 1.82) is 0 Å². The number of hydrogen-bond acceptors (Lipinski definition) is 5. The van der Waals surface area contributed by atoms with Crippen molar-refractivity contribution in [2.24, 2.45) is 5.92 Å². The molecule has 0 bridgehead atoms. The Morgan fingerprint density at radius 1 is 1.21 bits per heavy atom. The molecular formula is C18H27N3O3. The molecule has 3 rings (SSSR count). The van der Waals surface area contributed by atoms with E-state index >= 15 is 0 Å². The lowest BCUT2D eigenvalue weighted by Crippen LogP contribution is -2.35. The van der Waals surface area contributed by atoms with E-state index in [2.05, 4.69) is 9.80 Å². The van der Waals surface area contributed by atoms with Crippen molar-refractivity contribution in [3.05, 3.63) is 39.9 Å². The van der Waals surface area contributed by atoms with Gasteiger partial charge < -0.3 is 14.9 Å². The maximum absolute atomic E-state index is 10.9. The minimum Gasteiger partial charge on any atom is -0.387 e. The van der Waals surface area contributed by atoms with Crippen LogP contribution >= 0.6 is 0 Å². The molecule has 0 spiro atoms. The van der Waals surface area contributed by atoms with Gasteiger partial charge in [-0.15, -0.1) is 0 Å². The highest BCUT2D eigenvalue weighted by molar-refractivity contribution is 5.35. The Kier molecular flexibility index (Phi) is 5.81. The summed E-state index contributed by atoms with van der Waals surface area (Å²) in [5, 5.41) is 21.3. The Morgan fingerprint density at radius 3 is 2.75 bits per heavy atom. The lowest BCUT2D eigenvalue weighted by atomic mass is 10.1. The first kappa shape index (κ1) is 17.3. The van der Waals surface area contributed by atoms with Gasteiger partial charge in [-0.05, 0) is 50.4 Å². The summed E-state index contributed by atoms with van der Waals surface area (Å²) in [7, 11) is 0. The van der Waals surface area contributed by atoms with Gasteiger partial charge in [0.15, 0.2) is 0 Å². The molecule has 2 unspecified atom stereocenters. The van der Waals surface area contributed by atoms with Crippen LogP contribution in [0.5, 0.6) is 0 Å². The third kappa shape index (κ3) is 4.53. The second-order valence-electron chi connectivity index (χ2n) is 7.14. The normalized spacial score (nSPS) is 24.1. The number of aliphatic hydroxyl groups is 1. The first-order valence-electron chi connectivity index (χ1n) is 8.99. The molecule has 1 N–H and O–H groups in total. The van der Waals surface area contributed by atoms with E-state index in [0.29, 0.717) is 18.0 Å². The van der Waals surface area contributed by atoms with E-state index < -0.39 is 11.0 Å². The van der Waals surface area contributed by atoms with Gasteiger partial charge >= 0.3 is 0 Å². The second-order valence-corrected chi connectivity index (χ2v) is 7.14. The number of nitro groups is 1. The van der Waals surface area contributed by atoms with Crippen LogP contribution in [0.3, 0.4) is 0 Å². The monoisotopic (exact) mass is 333 g/mol. The van der Waals surface area contributed by atoms with E-state index in [1.165, 1.54) is 57.5 Å². The van der Waals surface area contributed by atoms with Crippen molar-refractivity contribution in [3.8, 4) is 0 Å². The van der Waals surface area contributed by atoms with Crippen LogP contribution in [0.15, 0.2) is 24.3 Å². The number of β-amino-alcohol motifs (C(OH)–C–C–N with tert-alkyl or cyclic N) is 1. The molecule has 1 aromatic carbocycles. The smallest absolute Gasteiger partial charge is 0.269 e. The van der Waals surface area contributed by atoms with Crippen LogP contribution in [0, 0.1) is 16.0 Å². The number of likely N-dealkylation sites (tertiary alicyclic amines) is 2. The summed E-state index contributed by atoms with van der Waals surface area (Å²) in [6.07, 6.45) is 4.52. The van der Waals surface area contributed by atoms with Crippen LogP contribution in [0.2, 0.25) is 0 Å². The first-order valence-corrected chi connectivity index (χ1v) is 8.99. The van der Waals surface area contributed by atoms with E-state index in [1.807, 2.05) is 0 Å². The average molecular weight is 333 g/mol. The maximum atomic E-state index is 10.9. The van der Waals surface area contributed by atoms with Gasteiger partial charge in [-0.2, -0.15) is 0 Å². The minimum absolute atomic E-state index is 0.0379. The average Bonchev–Trinajstić information content (AvgIpc) is 3.02. The molecule has 0 aliphatic carbocycles. The molecule has 0 aromatic heterocycles. The number of hydrogen-bond donors (Lipinski definition) is 1. The van der Waals surface area contributed by atoms with Crippen LogP contribution in [0.25, 0.3) is 0 Å². The molecule has 2 atom stereocenters. The molecule has 2 aliphatic heterocycles. The van der Waals surface area contributed by atoms with Gasteiger partial charge in [-0.1, -0.05) is 18.6 Å². The largest absolute Gasteiger partial charge is 0.387 e. The van der Waals surface area contributed by atoms with Crippen LogP contribution in [-0.2, 0) is 0 Å². The van der Waals surface area contributed by atoms with Crippen molar-refractivity contribution in [2.45, 2.75) is 31.8 Å². The van der Waals surface area contributed by atoms with E-state index in [-0.39, 0.29) is 5.69 Å². The third-order valence-corrected chi connectivity index (χ3v) is 5.23. The summed E-state index contributed by atoms with van der Waals surface area (Å²) in [6, 6.07) is 6.34. The third-order valence-electron chi connectivity index (χ3n) is 5.23. The Balaban J connectivity index is 1.49. The molecule has 2 saturated heterocycles. The quantitative estimate of drug-likeness (QED) is 0.639. The fourth-order valence-electron chi connectivity index (χ4n) is 3.93. The van der Waals surface area contributed by atoms with Crippen molar-refractivity contribution in [2.75, 3.05) is 39.3 Å². The topological polar surface area (TPSA) is 69.8 Å². The van der Waals surface area contributed by atoms with Crippen LogP contribution in [-0.4, -0.2) is 59.1 Å². The lowest BCUT2D eigenvalue weighted by molar-refractivity contribution is -0.385. The van der Waals surface area contributed by atoms with Crippen LogP contribution < -0.4 is 0 Å². The van der Waals surface area contributed by atoms with E-state index in [1.54, 1.807) is 12.1 Å². The van der Waals surface area contributed by atoms with Crippen molar-refractivity contribution in [1.82, 2.24) is 9.80 Å². The Hall–Kier alpha value is -1.50. The molecule has 132 valence electrons. The summed E-state index contributed by atoms with van der Waals surface area (Å²) in [5.74, 6) is 0.681. The molecule has 6 nitrogen and oxygen atoms in total. The Labute approximate surface area is 143 Å². The number of non-ortho nitro benzene ring substituents is 1. The highest BCUT2D eigenvalue weighted by Crippen LogP contribution is 2.24. The number of piperidine rings is 1. The number of benzene rings is 1. The highest BCUT2D eigenvalue weighted by Gasteiger charge is 2.26. The van der Waals surface area contributed by atoms with Crippen LogP contribution in [0.4, 0.5) is 5.69 Å². The summed E-state index contributed by atoms with van der Waals surface area (Å²) >= 11 is 0. The molecule has 0 saturated carbocycles. The van der Waals surface area contributed by atoms with Gasteiger partial charge in [0.05, 0.1) is 11.0 Å². The highest BCUT2D eigenvalue weighted by atomic mass is 16.6. The van der Waals surface area contributed by atoms with Crippen molar-refractivity contribution < 1.29 is 10.0 Å². The molecule has 6 heteroatoms. The van der Waals surface area contributed by atoms with E-state index in [0.717, 1.165) is 13.1 Å². The lowest BCUT2D eigenvalue weighted by Gasteiger charge is -2.29. The summed E-state index contributed by atoms with van der Waals surface area (Å²) in [4.78, 5) is 15.3. The van der Waals surface area contributed by atoms with Gasteiger partial charge in [0.2, 0.25) is 0 Å². The number of aliphatic hydroxyl groups excluding tert-OH is 1. The zero-order valence-electron chi connectivity index (χ0n) is 14.1. The number of rotatable bonds is 6. The molecule has 24 heavy (non-hydrogen) atoms. The molecular weight excluding hydrogens is 306 g/mol. The van der Waals surface area contributed by atoms with Gasteiger partial charge in [-0.3, -0.25) is 10.1 Å². The standard InChI is InChI=1S/C18H27N3O3/c22-18(16-5-4-6-17(11-16)21(23)24)14-20-10-7-15(13-20)12-19-8-2-1-3-9-19/h4-6,11,15,18,22H,1-3,7-10,12-14H2. The molecule has 2 heterocycles. The maximum Gasteiger partial charge on any atom is 0.269 e. The summed E-state index contributed by atoms with van der Waals surface area (Å²) < 4.78 is 0. The predicted octanol–water partition coefficient (Wildman–Crippen LogP) is 2.44. The fraction of sp³-hybridized carbons (Fsp3) is 0.667. The Bertz CT molecular complexity index is 560. The van der Waals surface area contributed by atoms with Gasteiger partial charge in [-0.25, -0.2) is 0 Å².